The van der Waals surface area contributed by atoms with Gasteiger partial charge in [-0.2, -0.15) is 13.2 Å². The Balaban J connectivity index is 2.45. The Labute approximate surface area is 89.1 Å². The van der Waals surface area contributed by atoms with E-state index in [-0.39, 0.29) is 6.04 Å². The molecule has 0 aromatic carbocycles. The van der Waals surface area contributed by atoms with Gasteiger partial charge in [-0.1, -0.05) is 6.07 Å². The Morgan fingerprint density at radius 3 is 2.73 bits per heavy atom. The smallest absolute Gasteiger partial charge is 0.348 e. The van der Waals surface area contributed by atoms with Gasteiger partial charge in [-0.25, -0.2) is 0 Å². The summed E-state index contributed by atoms with van der Waals surface area (Å²) in [6, 6.07) is 3.18. The maximum absolute atomic E-state index is 11.8. The van der Waals surface area contributed by atoms with Crippen LogP contribution >= 0.6 is 11.3 Å². The van der Waals surface area contributed by atoms with E-state index in [0.29, 0.717) is 0 Å². The number of alkyl halides is 3. The molecule has 1 unspecified atom stereocenters. The molecule has 1 aromatic heterocycles. The van der Waals surface area contributed by atoms with E-state index in [1.54, 1.807) is 19.1 Å². The third-order valence-electron chi connectivity index (χ3n) is 1.71. The van der Waals surface area contributed by atoms with E-state index in [1.165, 1.54) is 11.3 Å². The summed E-state index contributed by atoms with van der Waals surface area (Å²) in [7, 11) is 0. The van der Waals surface area contributed by atoms with Gasteiger partial charge in [-0.05, 0) is 18.4 Å². The summed E-state index contributed by atoms with van der Waals surface area (Å²) < 4.78 is 35.5. The normalized spacial score (nSPS) is 13.6. The topological polar surface area (TPSA) is 29.1 Å². The summed E-state index contributed by atoms with van der Waals surface area (Å²) in [6.07, 6.45) is -5.87. The van der Waals surface area contributed by atoms with E-state index in [4.69, 9.17) is 0 Å². The second-order valence-electron chi connectivity index (χ2n) is 3.10. The average molecular weight is 237 g/mol. The lowest BCUT2D eigenvalue weighted by Gasteiger charge is -2.13. The summed E-state index contributed by atoms with van der Waals surface area (Å²) in [5.41, 5.74) is 0. The molecule has 0 spiro atoms. The lowest BCUT2D eigenvalue weighted by atomic mass is 10.2. The first-order chi connectivity index (χ1) is 6.88. The Morgan fingerprint density at radius 2 is 2.27 bits per heavy atom. The zero-order chi connectivity index (χ0) is 11.5. The van der Waals surface area contributed by atoms with Crippen LogP contribution in [-0.4, -0.2) is 12.1 Å². The molecule has 1 N–H and O–H groups in total. The minimum atomic E-state index is -4.45. The van der Waals surface area contributed by atoms with Crippen molar-refractivity contribution in [1.82, 2.24) is 5.32 Å². The Bertz CT molecular complexity index is 321. The molecule has 1 heterocycles. The maximum Gasteiger partial charge on any atom is 0.397 e. The minimum Gasteiger partial charge on any atom is -0.348 e. The highest BCUT2D eigenvalue weighted by molar-refractivity contribution is 7.10. The van der Waals surface area contributed by atoms with Gasteiger partial charge in [0.2, 0.25) is 5.91 Å². The van der Waals surface area contributed by atoms with Crippen LogP contribution in [0.5, 0.6) is 0 Å². The number of amides is 1. The van der Waals surface area contributed by atoms with Gasteiger partial charge in [0.25, 0.3) is 0 Å². The van der Waals surface area contributed by atoms with Crippen molar-refractivity contribution in [2.24, 2.45) is 0 Å². The van der Waals surface area contributed by atoms with Gasteiger partial charge in [0.05, 0.1) is 6.04 Å². The molecule has 1 rings (SSSR count). The van der Waals surface area contributed by atoms with E-state index in [2.05, 4.69) is 5.32 Å². The minimum absolute atomic E-state index is 0.375. The van der Waals surface area contributed by atoms with E-state index in [0.717, 1.165) is 4.88 Å². The van der Waals surface area contributed by atoms with Crippen LogP contribution in [0.3, 0.4) is 0 Å². The third-order valence-corrected chi connectivity index (χ3v) is 2.76. The van der Waals surface area contributed by atoms with Crippen molar-refractivity contribution in [3.05, 3.63) is 22.4 Å². The van der Waals surface area contributed by atoms with E-state index in [9.17, 15) is 18.0 Å². The van der Waals surface area contributed by atoms with Gasteiger partial charge in [0, 0.05) is 4.88 Å². The highest BCUT2D eigenvalue weighted by Gasteiger charge is 2.31. The lowest BCUT2D eigenvalue weighted by molar-refractivity contribution is -0.154. The van der Waals surface area contributed by atoms with Crippen LogP contribution in [0.25, 0.3) is 0 Å². The third kappa shape index (κ3) is 4.33. The number of hydrogen-bond acceptors (Lipinski definition) is 2. The molecule has 0 aliphatic heterocycles. The van der Waals surface area contributed by atoms with Crippen molar-refractivity contribution in [3.63, 3.8) is 0 Å². The van der Waals surface area contributed by atoms with Crippen molar-refractivity contribution in [3.8, 4) is 0 Å². The summed E-state index contributed by atoms with van der Waals surface area (Å²) in [6.45, 7) is 1.65. The monoisotopic (exact) mass is 237 g/mol. The van der Waals surface area contributed by atoms with Crippen molar-refractivity contribution in [2.75, 3.05) is 0 Å². The van der Waals surface area contributed by atoms with Gasteiger partial charge in [0.1, 0.15) is 6.42 Å². The van der Waals surface area contributed by atoms with E-state index < -0.39 is 18.5 Å². The molecule has 84 valence electrons. The number of nitrogens with one attached hydrogen (secondary N) is 1. The van der Waals surface area contributed by atoms with Crippen LogP contribution in [-0.2, 0) is 4.79 Å². The number of carbonyl (C=O) groups is 1. The Hall–Kier alpha value is -1.04. The molecule has 0 aliphatic rings. The van der Waals surface area contributed by atoms with Gasteiger partial charge in [0.15, 0.2) is 0 Å². The first kappa shape index (κ1) is 12.0. The number of rotatable bonds is 3. The molecule has 0 saturated heterocycles. The van der Waals surface area contributed by atoms with Crippen LogP contribution in [0, 0.1) is 0 Å². The van der Waals surface area contributed by atoms with E-state index in [1.807, 2.05) is 5.38 Å². The molecule has 1 amide bonds. The van der Waals surface area contributed by atoms with Crippen LogP contribution in [0.1, 0.15) is 24.3 Å². The zero-order valence-corrected chi connectivity index (χ0v) is 8.78. The molecule has 6 heteroatoms. The Kier molecular flexibility index (Phi) is 3.73. The standard InChI is InChI=1S/C9H10F3NOS/c1-6(7-3-2-4-15-7)13-8(14)5-9(10,11)12/h2-4,6H,5H2,1H3,(H,13,14). The molecule has 0 radical (unpaired) electrons. The van der Waals surface area contributed by atoms with Crippen molar-refractivity contribution < 1.29 is 18.0 Å². The summed E-state index contributed by atoms with van der Waals surface area (Å²) in [5, 5.41) is 4.10. The first-order valence-corrected chi connectivity index (χ1v) is 5.16. The largest absolute Gasteiger partial charge is 0.397 e. The molecule has 0 bridgehead atoms. The summed E-state index contributed by atoms with van der Waals surface area (Å²) >= 11 is 1.40. The van der Waals surface area contributed by atoms with Gasteiger partial charge in [-0.3, -0.25) is 4.79 Å². The van der Waals surface area contributed by atoms with Crippen LogP contribution in [0.4, 0.5) is 13.2 Å². The summed E-state index contributed by atoms with van der Waals surface area (Å²) in [4.78, 5) is 11.8. The fourth-order valence-corrected chi connectivity index (χ4v) is 1.82. The van der Waals surface area contributed by atoms with Crippen molar-refractivity contribution in [2.45, 2.75) is 25.6 Å². The number of halogens is 3. The van der Waals surface area contributed by atoms with Crippen LogP contribution in [0.15, 0.2) is 17.5 Å². The number of hydrogen-bond donors (Lipinski definition) is 1. The molecule has 1 atom stereocenters. The maximum atomic E-state index is 11.8. The van der Waals surface area contributed by atoms with Crippen molar-refractivity contribution in [1.29, 1.82) is 0 Å². The average Bonchev–Trinajstić information content (AvgIpc) is 2.50. The van der Waals surface area contributed by atoms with Crippen LogP contribution < -0.4 is 5.32 Å². The molecule has 0 fully saturated rings. The van der Waals surface area contributed by atoms with E-state index >= 15 is 0 Å². The zero-order valence-electron chi connectivity index (χ0n) is 7.97. The number of thiophene rings is 1. The SMILES string of the molecule is CC(NC(=O)CC(F)(F)F)c1cccs1. The Morgan fingerprint density at radius 1 is 1.60 bits per heavy atom. The lowest BCUT2D eigenvalue weighted by Crippen LogP contribution is -2.30. The highest BCUT2D eigenvalue weighted by Crippen LogP contribution is 2.21. The fourth-order valence-electron chi connectivity index (χ4n) is 1.08. The molecular weight excluding hydrogens is 227 g/mol. The van der Waals surface area contributed by atoms with Crippen molar-refractivity contribution >= 4 is 17.2 Å². The van der Waals surface area contributed by atoms with Crippen LogP contribution in [0.2, 0.25) is 0 Å². The second-order valence-corrected chi connectivity index (χ2v) is 4.08. The fraction of sp³-hybridized carbons (Fsp3) is 0.444. The quantitative estimate of drug-likeness (QED) is 0.860. The van der Waals surface area contributed by atoms with Gasteiger partial charge >= 0.3 is 6.18 Å². The molecule has 15 heavy (non-hydrogen) atoms. The van der Waals surface area contributed by atoms with Gasteiger partial charge in [-0.15, -0.1) is 11.3 Å². The first-order valence-electron chi connectivity index (χ1n) is 4.28. The predicted molar refractivity (Wildman–Crippen MR) is 51.5 cm³/mol. The van der Waals surface area contributed by atoms with Gasteiger partial charge < -0.3 is 5.32 Å². The molecular formula is C9H10F3NOS. The second kappa shape index (κ2) is 4.65. The highest BCUT2D eigenvalue weighted by atomic mass is 32.1. The molecule has 0 saturated carbocycles. The predicted octanol–water partition coefficient (Wildman–Crippen LogP) is 2.88. The molecule has 1 aromatic rings. The number of carbonyl (C=O) groups excluding carboxylic acids is 1. The summed E-state index contributed by atoms with van der Waals surface area (Å²) in [5.74, 6) is -0.997. The molecule has 0 aliphatic carbocycles. The molecule has 2 nitrogen and oxygen atoms in total.